The van der Waals surface area contributed by atoms with Crippen molar-refractivity contribution in [3.05, 3.63) is 28.6 Å². The van der Waals surface area contributed by atoms with Crippen LogP contribution in [0.4, 0.5) is 8.78 Å². The molecule has 1 rings (SSSR count). The van der Waals surface area contributed by atoms with Crippen molar-refractivity contribution in [3.8, 4) is 6.07 Å². The molecule has 0 spiro atoms. The van der Waals surface area contributed by atoms with Crippen LogP contribution >= 0.6 is 15.9 Å². The quantitative estimate of drug-likeness (QED) is 0.614. The third kappa shape index (κ3) is 3.96. The summed E-state index contributed by atoms with van der Waals surface area (Å²) in [5.74, 6) is -0.564. The van der Waals surface area contributed by atoms with E-state index in [1.165, 1.54) is 0 Å². The lowest BCUT2D eigenvalue weighted by molar-refractivity contribution is -0.142. The molecule has 102 valence electrons. The van der Waals surface area contributed by atoms with Crippen molar-refractivity contribution in [1.82, 2.24) is 4.98 Å². The number of aromatic nitrogens is 1. The number of esters is 1. The number of rotatable bonds is 5. The van der Waals surface area contributed by atoms with Gasteiger partial charge in [0, 0.05) is 5.33 Å². The summed E-state index contributed by atoms with van der Waals surface area (Å²) < 4.78 is 30.2. The number of nitrogens with zero attached hydrogens (tertiary/aromatic N) is 2. The van der Waals surface area contributed by atoms with Crippen molar-refractivity contribution >= 4 is 21.9 Å². The lowest BCUT2D eigenvalue weighted by Crippen LogP contribution is -2.11. The Bertz CT molecular complexity index is 515. The molecule has 0 bridgehead atoms. The molecule has 4 nitrogen and oxygen atoms in total. The van der Waals surface area contributed by atoms with Gasteiger partial charge in [-0.2, -0.15) is 5.26 Å². The first kappa shape index (κ1) is 15.5. The highest BCUT2D eigenvalue weighted by Crippen LogP contribution is 2.23. The third-order valence-electron chi connectivity index (χ3n) is 2.30. The van der Waals surface area contributed by atoms with Crippen LogP contribution in [0.2, 0.25) is 0 Å². The van der Waals surface area contributed by atoms with E-state index >= 15 is 0 Å². The Kier molecular flexibility index (Phi) is 5.83. The van der Waals surface area contributed by atoms with Gasteiger partial charge in [-0.3, -0.25) is 4.79 Å². The van der Waals surface area contributed by atoms with E-state index in [2.05, 4.69) is 20.9 Å². The summed E-state index contributed by atoms with van der Waals surface area (Å²) in [6, 6.07) is 2.96. The Morgan fingerprint density at radius 1 is 1.63 bits per heavy atom. The van der Waals surface area contributed by atoms with Crippen LogP contribution in [0.25, 0.3) is 0 Å². The number of carbonyl (C=O) groups excluding carboxylic acids is 1. The molecule has 0 aromatic carbocycles. The molecule has 0 N–H and O–H groups in total. The van der Waals surface area contributed by atoms with Gasteiger partial charge in [-0.15, -0.1) is 0 Å². The smallest absolute Gasteiger partial charge is 0.310 e. The SMILES string of the molecule is CCOC(=O)Cc1cc(C(F)F)nc(CBr)c1C#N. The van der Waals surface area contributed by atoms with Gasteiger partial charge in [-0.05, 0) is 18.6 Å². The van der Waals surface area contributed by atoms with Crippen LogP contribution in [0.3, 0.4) is 0 Å². The molecule has 0 saturated carbocycles. The number of nitriles is 1. The molecule has 7 heteroatoms. The topological polar surface area (TPSA) is 63.0 Å². The van der Waals surface area contributed by atoms with Crippen LogP contribution in [-0.4, -0.2) is 17.6 Å². The average Bonchev–Trinajstić information content (AvgIpc) is 2.37. The summed E-state index contributed by atoms with van der Waals surface area (Å²) >= 11 is 3.09. The zero-order chi connectivity index (χ0) is 14.4. The first-order valence-electron chi connectivity index (χ1n) is 5.46. The standard InChI is InChI=1S/C12H11BrF2N2O2/c1-2-19-11(18)4-7-3-9(12(14)15)17-10(5-13)8(7)6-16/h3,12H,2,4-5H2,1H3. The molecule has 0 aliphatic rings. The molecule has 0 unspecified atom stereocenters. The number of halogens is 3. The van der Waals surface area contributed by atoms with Gasteiger partial charge in [0.1, 0.15) is 11.8 Å². The maximum absolute atomic E-state index is 12.7. The van der Waals surface area contributed by atoms with E-state index in [0.29, 0.717) is 0 Å². The van der Waals surface area contributed by atoms with E-state index in [1.807, 2.05) is 6.07 Å². The van der Waals surface area contributed by atoms with Crippen LogP contribution < -0.4 is 0 Å². The number of alkyl halides is 3. The fourth-order valence-corrected chi connectivity index (χ4v) is 1.94. The van der Waals surface area contributed by atoms with Crippen LogP contribution in [0.15, 0.2) is 6.07 Å². The highest BCUT2D eigenvalue weighted by atomic mass is 79.9. The van der Waals surface area contributed by atoms with Gasteiger partial charge in [0.05, 0.1) is 24.3 Å². The lowest BCUT2D eigenvalue weighted by Gasteiger charge is -2.10. The predicted octanol–water partition coefficient (Wildman–Crippen LogP) is 2.89. The van der Waals surface area contributed by atoms with E-state index in [9.17, 15) is 13.6 Å². The molecule has 0 amide bonds. The number of hydrogen-bond donors (Lipinski definition) is 0. The van der Waals surface area contributed by atoms with Crippen molar-refractivity contribution in [2.24, 2.45) is 0 Å². The van der Waals surface area contributed by atoms with Crippen molar-refractivity contribution in [3.63, 3.8) is 0 Å². The minimum absolute atomic E-state index is 0.134. The van der Waals surface area contributed by atoms with Crippen LogP contribution in [0.1, 0.15) is 35.9 Å². The van der Waals surface area contributed by atoms with Gasteiger partial charge >= 0.3 is 5.97 Å². The Balaban J connectivity index is 3.23. The average molecular weight is 333 g/mol. The molecular formula is C12H11BrF2N2O2. The Morgan fingerprint density at radius 3 is 2.79 bits per heavy atom. The summed E-state index contributed by atoms with van der Waals surface area (Å²) in [4.78, 5) is 15.1. The molecule has 1 aromatic rings. The van der Waals surface area contributed by atoms with E-state index < -0.39 is 18.1 Å². The zero-order valence-electron chi connectivity index (χ0n) is 10.1. The summed E-state index contributed by atoms with van der Waals surface area (Å²) in [6.45, 7) is 1.84. The second-order valence-electron chi connectivity index (χ2n) is 3.56. The fraction of sp³-hybridized carbons (Fsp3) is 0.417. The monoisotopic (exact) mass is 332 g/mol. The van der Waals surface area contributed by atoms with Crippen LogP contribution in [-0.2, 0) is 21.3 Å². The molecule has 1 heterocycles. The van der Waals surface area contributed by atoms with Gasteiger partial charge < -0.3 is 4.74 Å². The van der Waals surface area contributed by atoms with E-state index in [0.717, 1.165) is 6.07 Å². The molecule has 0 saturated heterocycles. The van der Waals surface area contributed by atoms with Crippen molar-refractivity contribution in [2.75, 3.05) is 6.61 Å². The molecular weight excluding hydrogens is 322 g/mol. The molecule has 0 aliphatic carbocycles. The van der Waals surface area contributed by atoms with Crippen LogP contribution in [0, 0.1) is 11.3 Å². The molecule has 19 heavy (non-hydrogen) atoms. The number of carbonyl (C=O) groups is 1. The second kappa shape index (κ2) is 7.14. The molecule has 1 aromatic heterocycles. The Labute approximate surface area is 117 Å². The predicted molar refractivity (Wildman–Crippen MR) is 66.9 cm³/mol. The fourth-order valence-electron chi connectivity index (χ4n) is 1.53. The van der Waals surface area contributed by atoms with Gasteiger partial charge in [0.2, 0.25) is 0 Å². The van der Waals surface area contributed by atoms with E-state index in [-0.39, 0.29) is 35.2 Å². The highest BCUT2D eigenvalue weighted by Gasteiger charge is 2.19. The molecule has 0 fully saturated rings. The number of ether oxygens (including phenoxy) is 1. The first-order chi connectivity index (χ1) is 9.03. The Hall–Kier alpha value is -1.55. The third-order valence-corrected chi connectivity index (χ3v) is 2.83. The minimum atomic E-state index is -2.76. The summed E-state index contributed by atoms with van der Waals surface area (Å²) in [5.41, 5.74) is 0.0855. The maximum atomic E-state index is 12.7. The Morgan fingerprint density at radius 2 is 2.32 bits per heavy atom. The molecule has 0 aliphatic heterocycles. The van der Waals surface area contributed by atoms with Crippen molar-refractivity contribution < 1.29 is 18.3 Å². The highest BCUT2D eigenvalue weighted by molar-refractivity contribution is 9.08. The van der Waals surface area contributed by atoms with Gasteiger partial charge in [-0.25, -0.2) is 13.8 Å². The normalized spacial score (nSPS) is 10.3. The van der Waals surface area contributed by atoms with Gasteiger partial charge in [0.15, 0.2) is 0 Å². The first-order valence-corrected chi connectivity index (χ1v) is 6.58. The molecule has 0 atom stereocenters. The van der Waals surface area contributed by atoms with Crippen LogP contribution in [0.5, 0.6) is 0 Å². The zero-order valence-corrected chi connectivity index (χ0v) is 11.7. The van der Waals surface area contributed by atoms with Crippen molar-refractivity contribution in [1.29, 1.82) is 5.26 Å². The largest absolute Gasteiger partial charge is 0.466 e. The summed E-state index contributed by atoms with van der Waals surface area (Å²) in [6.07, 6.45) is -2.98. The lowest BCUT2D eigenvalue weighted by atomic mass is 10.0. The maximum Gasteiger partial charge on any atom is 0.310 e. The number of pyridine rings is 1. The van der Waals surface area contributed by atoms with Gasteiger partial charge in [-0.1, -0.05) is 15.9 Å². The molecule has 0 radical (unpaired) electrons. The van der Waals surface area contributed by atoms with E-state index in [1.54, 1.807) is 6.92 Å². The van der Waals surface area contributed by atoms with Crippen molar-refractivity contribution in [2.45, 2.75) is 25.1 Å². The van der Waals surface area contributed by atoms with Gasteiger partial charge in [0.25, 0.3) is 6.43 Å². The van der Waals surface area contributed by atoms with E-state index in [4.69, 9.17) is 10.00 Å². The number of hydrogen-bond acceptors (Lipinski definition) is 4. The second-order valence-corrected chi connectivity index (χ2v) is 4.12. The minimum Gasteiger partial charge on any atom is -0.466 e. The summed E-state index contributed by atoms with van der Waals surface area (Å²) in [7, 11) is 0. The summed E-state index contributed by atoms with van der Waals surface area (Å²) in [5, 5.41) is 9.21.